The van der Waals surface area contributed by atoms with E-state index in [1.54, 1.807) is 38.5 Å². The minimum atomic E-state index is -0.553. The molecule has 6 heteroatoms. The highest BCUT2D eigenvalue weighted by atomic mass is 16.5. The van der Waals surface area contributed by atoms with E-state index in [0.29, 0.717) is 36.4 Å². The molecule has 2 aromatic carbocycles. The number of methoxy groups -OCH3 is 2. The first kappa shape index (κ1) is 21.3. The Labute approximate surface area is 166 Å². The summed E-state index contributed by atoms with van der Waals surface area (Å²) < 4.78 is 10.5. The maximum Gasteiger partial charge on any atom is 0.251 e. The number of hydrogen-bond acceptors (Lipinski definition) is 4. The van der Waals surface area contributed by atoms with Crippen LogP contribution in [0.4, 0.5) is 0 Å². The molecular weight excluding hydrogens is 356 g/mol. The molecule has 0 saturated carbocycles. The molecule has 0 spiro atoms. The van der Waals surface area contributed by atoms with Gasteiger partial charge in [-0.15, -0.1) is 0 Å². The van der Waals surface area contributed by atoms with E-state index >= 15 is 0 Å². The van der Waals surface area contributed by atoms with Crippen LogP contribution in [0.1, 0.15) is 35.7 Å². The summed E-state index contributed by atoms with van der Waals surface area (Å²) >= 11 is 0. The van der Waals surface area contributed by atoms with Crippen LogP contribution in [-0.2, 0) is 11.2 Å². The van der Waals surface area contributed by atoms with Gasteiger partial charge in [0.2, 0.25) is 5.91 Å². The van der Waals surface area contributed by atoms with E-state index < -0.39 is 6.04 Å². The first-order chi connectivity index (χ1) is 13.6. The summed E-state index contributed by atoms with van der Waals surface area (Å²) in [6.45, 7) is 2.45. The lowest BCUT2D eigenvalue weighted by molar-refractivity contribution is -0.123. The Kier molecular flexibility index (Phi) is 8.34. The lowest BCUT2D eigenvalue weighted by Crippen LogP contribution is -2.47. The lowest BCUT2D eigenvalue weighted by atomic mass is 10.1. The van der Waals surface area contributed by atoms with Crippen LogP contribution < -0.4 is 20.1 Å². The maximum atomic E-state index is 12.5. The smallest absolute Gasteiger partial charge is 0.251 e. The number of ether oxygens (including phenoxy) is 2. The van der Waals surface area contributed by atoms with Crippen molar-refractivity contribution in [1.82, 2.24) is 10.6 Å². The van der Waals surface area contributed by atoms with Gasteiger partial charge in [0.1, 0.15) is 6.04 Å². The van der Waals surface area contributed by atoms with Gasteiger partial charge >= 0.3 is 0 Å². The normalized spacial score (nSPS) is 11.4. The highest BCUT2D eigenvalue weighted by Crippen LogP contribution is 2.27. The van der Waals surface area contributed by atoms with Crippen molar-refractivity contribution in [1.29, 1.82) is 0 Å². The first-order valence-corrected chi connectivity index (χ1v) is 9.43. The Balaban J connectivity index is 1.90. The third-order valence-corrected chi connectivity index (χ3v) is 4.40. The quantitative estimate of drug-likeness (QED) is 0.660. The van der Waals surface area contributed by atoms with Gasteiger partial charge in [-0.05, 0) is 42.7 Å². The Morgan fingerprint density at radius 3 is 2.36 bits per heavy atom. The minimum absolute atomic E-state index is 0.174. The van der Waals surface area contributed by atoms with Gasteiger partial charge < -0.3 is 20.1 Å². The minimum Gasteiger partial charge on any atom is -0.493 e. The number of carbonyl (C=O) groups is 2. The molecule has 0 fully saturated rings. The van der Waals surface area contributed by atoms with Crippen molar-refractivity contribution in [3.8, 4) is 11.5 Å². The van der Waals surface area contributed by atoms with Crippen LogP contribution in [0.5, 0.6) is 11.5 Å². The van der Waals surface area contributed by atoms with Gasteiger partial charge in [-0.1, -0.05) is 37.6 Å². The summed E-state index contributed by atoms with van der Waals surface area (Å²) in [6.07, 6.45) is 2.03. The van der Waals surface area contributed by atoms with Gasteiger partial charge in [0.05, 0.1) is 14.2 Å². The Bertz CT molecular complexity index is 777. The number of amides is 2. The van der Waals surface area contributed by atoms with Crippen LogP contribution in [0.15, 0.2) is 48.5 Å². The molecule has 150 valence electrons. The van der Waals surface area contributed by atoms with Gasteiger partial charge in [-0.2, -0.15) is 0 Å². The van der Waals surface area contributed by atoms with Crippen molar-refractivity contribution in [2.45, 2.75) is 32.2 Å². The summed E-state index contributed by atoms with van der Waals surface area (Å²) in [5.74, 6) is 0.910. The number of nitrogens with one attached hydrogen (secondary N) is 2. The Morgan fingerprint density at radius 2 is 1.71 bits per heavy atom. The fraction of sp³-hybridized carbons (Fsp3) is 0.364. The molecule has 0 aliphatic heterocycles. The molecule has 0 aromatic heterocycles. The number of carbonyl (C=O) groups excluding carboxylic acids is 2. The molecular formula is C22H28N2O4. The third kappa shape index (κ3) is 6.01. The number of hydrogen-bond donors (Lipinski definition) is 2. The second-order valence-electron chi connectivity index (χ2n) is 6.41. The number of rotatable bonds is 10. The average molecular weight is 384 g/mol. The molecule has 28 heavy (non-hydrogen) atoms. The maximum absolute atomic E-state index is 12.5. The van der Waals surface area contributed by atoms with E-state index in [0.717, 1.165) is 12.0 Å². The zero-order valence-corrected chi connectivity index (χ0v) is 16.7. The lowest BCUT2D eigenvalue weighted by Gasteiger charge is -2.18. The third-order valence-electron chi connectivity index (χ3n) is 4.40. The van der Waals surface area contributed by atoms with Crippen molar-refractivity contribution >= 4 is 11.8 Å². The van der Waals surface area contributed by atoms with Crippen LogP contribution in [-0.4, -0.2) is 38.6 Å². The average Bonchev–Trinajstić information content (AvgIpc) is 2.73. The van der Waals surface area contributed by atoms with Crippen molar-refractivity contribution in [3.05, 3.63) is 59.7 Å². The van der Waals surface area contributed by atoms with Crippen molar-refractivity contribution in [3.63, 3.8) is 0 Å². The SMILES string of the molecule is CCCC(NC(=O)c1ccccc1)C(=O)NCCc1ccc(OC)c(OC)c1. The van der Waals surface area contributed by atoms with Crippen LogP contribution in [0.3, 0.4) is 0 Å². The van der Waals surface area contributed by atoms with Crippen LogP contribution in [0.25, 0.3) is 0 Å². The van der Waals surface area contributed by atoms with E-state index in [2.05, 4.69) is 10.6 Å². The molecule has 0 aliphatic carbocycles. The van der Waals surface area contributed by atoms with E-state index in [9.17, 15) is 9.59 Å². The Hall–Kier alpha value is -3.02. The molecule has 2 aromatic rings. The van der Waals surface area contributed by atoms with Gasteiger partial charge in [0.25, 0.3) is 5.91 Å². The van der Waals surface area contributed by atoms with E-state index in [4.69, 9.17) is 9.47 Å². The highest BCUT2D eigenvalue weighted by molar-refractivity contribution is 5.97. The molecule has 0 aliphatic rings. The predicted octanol–water partition coefficient (Wildman–Crippen LogP) is 2.96. The highest BCUT2D eigenvalue weighted by Gasteiger charge is 2.20. The second kappa shape index (κ2) is 11.0. The molecule has 1 unspecified atom stereocenters. The standard InChI is InChI=1S/C22H28N2O4/c1-4-8-18(24-21(25)17-9-6-5-7-10-17)22(26)23-14-13-16-11-12-19(27-2)20(15-16)28-3/h5-7,9-12,15,18H,4,8,13-14H2,1-3H3,(H,23,26)(H,24,25). The van der Waals surface area contributed by atoms with E-state index in [1.165, 1.54) is 0 Å². The summed E-state index contributed by atoms with van der Waals surface area (Å²) in [5, 5.41) is 5.74. The predicted molar refractivity (Wildman–Crippen MR) is 109 cm³/mol. The Morgan fingerprint density at radius 1 is 1.00 bits per heavy atom. The van der Waals surface area contributed by atoms with Gasteiger partial charge in [-0.3, -0.25) is 9.59 Å². The van der Waals surface area contributed by atoms with Crippen LogP contribution >= 0.6 is 0 Å². The van der Waals surface area contributed by atoms with Gasteiger partial charge in [-0.25, -0.2) is 0 Å². The molecule has 2 rings (SSSR count). The molecule has 1 atom stereocenters. The molecule has 0 radical (unpaired) electrons. The number of benzene rings is 2. The zero-order chi connectivity index (χ0) is 20.4. The molecule has 6 nitrogen and oxygen atoms in total. The monoisotopic (exact) mass is 384 g/mol. The molecule has 2 amide bonds. The van der Waals surface area contributed by atoms with Crippen molar-refractivity contribution < 1.29 is 19.1 Å². The fourth-order valence-corrected chi connectivity index (χ4v) is 2.88. The van der Waals surface area contributed by atoms with Gasteiger partial charge in [0, 0.05) is 12.1 Å². The first-order valence-electron chi connectivity index (χ1n) is 9.43. The topological polar surface area (TPSA) is 76.7 Å². The second-order valence-corrected chi connectivity index (χ2v) is 6.41. The molecule has 0 heterocycles. The van der Waals surface area contributed by atoms with Crippen LogP contribution in [0, 0.1) is 0 Å². The molecule has 2 N–H and O–H groups in total. The molecule has 0 bridgehead atoms. The van der Waals surface area contributed by atoms with Crippen molar-refractivity contribution in [2.24, 2.45) is 0 Å². The summed E-state index contributed by atoms with van der Waals surface area (Å²) in [7, 11) is 3.18. The van der Waals surface area contributed by atoms with E-state index in [-0.39, 0.29) is 11.8 Å². The molecule has 0 saturated heterocycles. The van der Waals surface area contributed by atoms with Crippen molar-refractivity contribution in [2.75, 3.05) is 20.8 Å². The largest absolute Gasteiger partial charge is 0.493 e. The zero-order valence-electron chi connectivity index (χ0n) is 16.7. The summed E-state index contributed by atoms with van der Waals surface area (Å²) in [5.41, 5.74) is 1.57. The summed E-state index contributed by atoms with van der Waals surface area (Å²) in [6, 6.07) is 14.0. The van der Waals surface area contributed by atoms with Gasteiger partial charge in [0.15, 0.2) is 11.5 Å². The van der Waals surface area contributed by atoms with Crippen LogP contribution in [0.2, 0.25) is 0 Å². The van der Waals surface area contributed by atoms with E-state index in [1.807, 2.05) is 31.2 Å². The fourth-order valence-electron chi connectivity index (χ4n) is 2.88. The summed E-state index contributed by atoms with van der Waals surface area (Å²) in [4.78, 5) is 24.9.